The molecule has 1 aliphatic heterocycles. The van der Waals surface area contributed by atoms with Crippen molar-refractivity contribution in [2.75, 3.05) is 0 Å². The number of hydrogen-bond donors (Lipinski definition) is 0. The van der Waals surface area contributed by atoms with Gasteiger partial charge >= 0.3 is 0 Å². The van der Waals surface area contributed by atoms with Crippen molar-refractivity contribution in [3.05, 3.63) is 152 Å². The van der Waals surface area contributed by atoms with Crippen LogP contribution >= 0.6 is 23.1 Å². The molecule has 9 aromatic rings. The topological polar surface area (TPSA) is 38.7 Å². The molecule has 0 unspecified atom stereocenters. The van der Waals surface area contributed by atoms with E-state index in [1.165, 1.54) is 57.6 Å². The third-order valence-corrected chi connectivity index (χ3v) is 11.5. The van der Waals surface area contributed by atoms with Gasteiger partial charge in [-0.05, 0) is 51.9 Å². The van der Waals surface area contributed by atoms with Gasteiger partial charge in [-0.2, -0.15) is 0 Å². The molecule has 0 fully saturated rings. The van der Waals surface area contributed by atoms with Crippen molar-refractivity contribution in [1.29, 1.82) is 0 Å². The second kappa shape index (κ2) is 11.0. The summed E-state index contributed by atoms with van der Waals surface area (Å²) in [5, 5.41) is 4.93. The number of benzene rings is 7. The molecule has 7 aromatic carbocycles. The third kappa shape index (κ3) is 4.39. The van der Waals surface area contributed by atoms with Crippen LogP contribution in [-0.4, -0.2) is 15.0 Å². The van der Waals surface area contributed by atoms with E-state index in [-0.39, 0.29) is 0 Å². The standard InChI is InChI=1S/C43H25N3S2/c1-3-11-26(12-4-1)29-16-9-19-34-32-17-10-18-33-35(23-24-37(39(32)33)48-40(29)34)43-45-41(27-13-5-2-6-14-27)44-42(46-43)28-21-22-31-30-15-7-8-20-36(30)47-38(31)25-28/h1-25H. The van der Waals surface area contributed by atoms with Gasteiger partial charge in [0.25, 0.3) is 0 Å². The molecule has 0 bridgehead atoms. The summed E-state index contributed by atoms with van der Waals surface area (Å²) in [4.78, 5) is 17.9. The van der Waals surface area contributed by atoms with Crippen molar-refractivity contribution in [2.45, 2.75) is 9.79 Å². The van der Waals surface area contributed by atoms with Crippen LogP contribution in [0.15, 0.2) is 161 Å². The van der Waals surface area contributed by atoms with Crippen LogP contribution in [0.5, 0.6) is 0 Å². The van der Waals surface area contributed by atoms with Crippen LogP contribution in [0.3, 0.4) is 0 Å². The average Bonchev–Trinajstić information content (AvgIpc) is 3.53. The first kappa shape index (κ1) is 27.5. The van der Waals surface area contributed by atoms with Crippen molar-refractivity contribution in [2.24, 2.45) is 0 Å². The first-order chi connectivity index (χ1) is 23.8. The van der Waals surface area contributed by atoms with E-state index in [2.05, 4.69) is 133 Å². The van der Waals surface area contributed by atoms with E-state index in [0.717, 1.165) is 22.1 Å². The van der Waals surface area contributed by atoms with Crippen LogP contribution in [0.2, 0.25) is 0 Å². The van der Waals surface area contributed by atoms with Gasteiger partial charge in [-0.25, -0.2) is 15.0 Å². The zero-order valence-electron chi connectivity index (χ0n) is 25.6. The van der Waals surface area contributed by atoms with E-state index in [1.807, 2.05) is 30.0 Å². The molecule has 0 radical (unpaired) electrons. The molecule has 0 amide bonds. The predicted molar refractivity (Wildman–Crippen MR) is 202 cm³/mol. The minimum Gasteiger partial charge on any atom is -0.208 e. The molecule has 224 valence electrons. The lowest BCUT2D eigenvalue weighted by Crippen LogP contribution is -2.01. The van der Waals surface area contributed by atoms with E-state index in [4.69, 9.17) is 15.0 Å². The quantitative estimate of drug-likeness (QED) is 0.191. The van der Waals surface area contributed by atoms with E-state index in [1.54, 1.807) is 11.3 Å². The Hall–Kier alpha value is -5.62. The molecule has 0 N–H and O–H groups in total. The maximum atomic E-state index is 5.19. The highest BCUT2D eigenvalue weighted by molar-refractivity contribution is 8.00. The highest BCUT2D eigenvalue weighted by Crippen LogP contribution is 2.52. The fourth-order valence-corrected chi connectivity index (χ4v) is 9.31. The summed E-state index contributed by atoms with van der Waals surface area (Å²) in [6, 6.07) is 53.7. The number of rotatable bonds is 4. The van der Waals surface area contributed by atoms with Crippen molar-refractivity contribution in [3.8, 4) is 56.4 Å². The van der Waals surface area contributed by atoms with Crippen molar-refractivity contribution in [3.63, 3.8) is 0 Å². The highest BCUT2D eigenvalue weighted by atomic mass is 32.2. The summed E-state index contributed by atoms with van der Waals surface area (Å²) >= 11 is 3.66. The highest BCUT2D eigenvalue weighted by Gasteiger charge is 2.24. The van der Waals surface area contributed by atoms with Gasteiger partial charge in [0.1, 0.15) is 0 Å². The number of hydrogen-bond acceptors (Lipinski definition) is 5. The summed E-state index contributed by atoms with van der Waals surface area (Å²) in [5.74, 6) is 2.01. The maximum Gasteiger partial charge on any atom is 0.164 e. The summed E-state index contributed by atoms with van der Waals surface area (Å²) < 4.78 is 2.51. The summed E-state index contributed by atoms with van der Waals surface area (Å²) in [6.45, 7) is 0. The lowest BCUT2D eigenvalue weighted by atomic mass is 9.92. The first-order valence-electron chi connectivity index (χ1n) is 15.9. The normalized spacial score (nSPS) is 12.1. The minimum absolute atomic E-state index is 0.666. The van der Waals surface area contributed by atoms with Crippen LogP contribution < -0.4 is 0 Å². The SMILES string of the molecule is c1ccc(-c2nc(-c3ccc4c(c3)sc3ccccc34)nc(-c3ccc4c5c(cccc35)-c3cccc(-c5ccccc5)c3S4)n2)cc1. The second-order valence-corrected chi connectivity index (χ2v) is 14.1. The average molecular weight is 648 g/mol. The van der Waals surface area contributed by atoms with Crippen LogP contribution in [0.4, 0.5) is 0 Å². The number of thiophene rings is 1. The number of fused-ring (bicyclic) bond motifs is 5. The Kier molecular flexibility index (Phi) is 6.29. The number of aromatic nitrogens is 3. The lowest BCUT2D eigenvalue weighted by molar-refractivity contribution is 1.08. The molecule has 2 aromatic heterocycles. The van der Waals surface area contributed by atoms with E-state index in [9.17, 15) is 0 Å². The Morgan fingerprint density at radius 1 is 0.375 bits per heavy atom. The van der Waals surface area contributed by atoms with Gasteiger partial charge in [-0.3, -0.25) is 0 Å². The van der Waals surface area contributed by atoms with Crippen molar-refractivity contribution >= 4 is 54.0 Å². The third-order valence-electron chi connectivity index (χ3n) is 9.15. The Bertz CT molecular complexity index is 2700. The molecule has 5 heteroatoms. The zero-order chi connectivity index (χ0) is 31.6. The molecule has 0 spiro atoms. The Labute approximate surface area is 285 Å². The fourth-order valence-electron chi connectivity index (χ4n) is 6.90. The smallest absolute Gasteiger partial charge is 0.164 e. The van der Waals surface area contributed by atoms with Crippen molar-refractivity contribution < 1.29 is 0 Å². The minimum atomic E-state index is 0.666. The van der Waals surface area contributed by atoms with Gasteiger partial charge in [-0.1, -0.05) is 139 Å². The zero-order valence-corrected chi connectivity index (χ0v) is 27.2. The van der Waals surface area contributed by atoms with Gasteiger partial charge in [0, 0.05) is 52.0 Å². The molecule has 48 heavy (non-hydrogen) atoms. The molecular formula is C43H25N3S2. The van der Waals surface area contributed by atoms with E-state index in [0.29, 0.717) is 17.5 Å². The fraction of sp³-hybridized carbons (Fsp3) is 0. The van der Waals surface area contributed by atoms with Crippen LogP contribution in [-0.2, 0) is 0 Å². The van der Waals surface area contributed by atoms with Gasteiger partial charge in [-0.15, -0.1) is 11.3 Å². The van der Waals surface area contributed by atoms with Gasteiger partial charge in [0.2, 0.25) is 0 Å². The van der Waals surface area contributed by atoms with E-state index >= 15 is 0 Å². The summed E-state index contributed by atoms with van der Waals surface area (Å²) in [5.41, 5.74) is 7.94. The summed E-state index contributed by atoms with van der Waals surface area (Å²) in [7, 11) is 0. The molecule has 1 aliphatic rings. The monoisotopic (exact) mass is 647 g/mol. The van der Waals surface area contributed by atoms with Gasteiger partial charge in [0.05, 0.1) is 0 Å². The summed E-state index contributed by atoms with van der Waals surface area (Å²) in [6.07, 6.45) is 0. The molecule has 0 saturated carbocycles. The van der Waals surface area contributed by atoms with Gasteiger partial charge in [0.15, 0.2) is 17.5 Å². The maximum absolute atomic E-state index is 5.19. The molecule has 3 heterocycles. The van der Waals surface area contributed by atoms with Crippen LogP contribution in [0.25, 0.3) is 87.4 Å². The molecule has 0 saturated heterocycles. The Morgan fingerprint density at radius 2 is 1.02 bits per heavy atom. The molecule has 3 nitrogen and oxygen atoms in total. The lowest BCUT2D eigenvalue weighted by Gasteiger charge is -2.23. The predicted octanol–water partition coefficient (Wildman–Crippen LogP) is 12.2. The van der Waals surface area contributed by atoms with Crippen LogP contribution in [0, 0.1) is 0 Å². The molecule has 0 aliphatic carbocycles. The largest absolute Gasteiger partial charge is 0.208 e. The number of nitrogens with zero attached hydrogens (tertiary/aromatic N) is 3. The molecular weight excluding hydrogens is 623 g/mol. The second-order valence-electron chi connectivity index (χ2n) is 12.0. The molecule has 0 atom stereocenters. The van der Waals surface area contributed by atoms with Gasteiger partial charge < -0.3 is 0 Å². The van der Waals surface area contributed by atoms with E-state index < -0.39 is 0 Å². The first-order valence-corrected chi connectivity index (χ1v) is 17.6. The van der Waals surface area contributed by atoms with Crippen molar-refractivity contribution in [1.82, 2.24) is 15.0 Å². The van der Waals surface area contributed by atoms with Crippen LogP contribution in [0.1, 0.15) is 0 Å². The Balaban J connectivity index is 1.17. The Morgan fingerprint density at radius 3 is 1.88 bits per heavy atom. The molecule has 10 rings (SSSR count).